The number of hydrogen-bond acceptors (Lipinski definition) is 2. The summed E-state index contributed by atoms with van der Waals surface area (Å²) >= 11 is 0. The van der Waals surface area contributed by atoms with Crippen LogP contribution in [0, 0.1) is 0 Å². The van der Waals surface area contributed by atoms with Gasteiger partial charge in [-0.2, -0.15) is 0 Å². The van der Waals surface area contributed by atoms with Gasteiger partial charge in [0.15, 0.2) is 5.78 Å². The Kier molecular flexibility index (Phi) is 6.59. The minimum Gasteiger partial charge on any atom is -0.299 e. The van der Waals surface area contributed by atoms with Gasteiger partial charge < -0.3 is 0 Å². The Balaban J connectivity index is 3.37. The molecule has 0 saturated heterocycles. The summed E-state index contributed by atoms with van der Waals surface area (Å²) in [5.74, 6) is 0.0468. The Hall–Kier alpha value is -0.920. The molecule has 2 heteroatoms. The molecule has 0 aliphatic heterocycles. The number of carbonyl (C=O) groups excluding carboxylic acids is 2. The minimum atomic E-state index is 0.0468. The van der Waals surface area contributed by atoms with E-state index >= 15 is 0 Å². The van der Waals surface area contributed by atoms with Crippen molar-refractivity contribution in [3.8, 4) is 0 Å². The molecular formula is C9H14O2. The molecule has 0 unspecified atom stereocenters. The van der Waals surface area contributed by atoms with Crippen molar-refractivity contribution in [2.75, 3.05) is 0 Å². The Labute approximate surface area is 67.3 Å². The lowest BCUT2D eigenvalue weighted by atomic mass is 10.1. The van der Waals surface area contributed by atoms with Gasteiger partial charge in [-0.1, -0.05) is 19.8 Å². The van der Waals surface area contributed by atoms with E-state index in [0.717, 1.165) is 19.3 Å². The van der Waals surface area contributed by atoms with Gasteiger partial charge in [-0.15, -0.1) is 0 Å². The molecule has 0 amide bonds. The van der Waals surface area contributed by atoms with Crippen molar-refractivity contribution >= 4 is 12.1 Å². The number of hydrogen-bond donors (Lipinski definition) is 0. The van der Waals surface area contributed by atoms with Crippen LogP contribution < -0.4 is 0 Å². The molecule has 0 N–H and O–H groups in total. The predicted octanol–water partition coefficient (Wildman–Crippen LogP) is 1.89. The summed E-state index contributed by atoms with van der Waals surface area (Å²) in [7, 11) is 0. The highest BCUT2D eigenvalue weighted by atomic mass is 16.1. The maximum atomic E-state index is 10.8. The highest BCUT2D eigenvalue weighted by Gasteiger charge is 1.94. The summed E-state index contributed by atoms with van der Waals surface area (Å²) in [5, 5.41) is 0. The first-order valence-corrected chi connectivity index (χ1v) is 3.96. The van der Waals surface area contributed by atoms with Gasteiger partial charge in [-0.25, -0.2) is 0 Å². The topological polar surface area (TPSA) is 34.1 Å². The van der Waals surface area contributed by atoms with Crippen molar-refractivity contribution < 1.29 is 9.59 Å². The molecule has 0 heterocycles. The van der Waals surface area contributed by atoms with Crippen LogP contribution in [0.4, 0.5) is 0 Å². The molecule has 0 spiro atoms. The lowest BCUT2D eigenvalue weighted by Crippen LogP contribution is -1.91. The Morgan fingerprint density at radius 2 is 2.09 bits per heavy atom. The molecule has 11 heavy (non-hydrogen) atoms. The number of rotatable bonds is 6. The van der Waals surface area contributed by atoms with Gasteiger partial charge in [-0.05, 0) is 18.6 Å². The third-order valence-electron chi connectivity index (χ3n) is 1.39. The SMILES string of the molecule is CCCCCC(=O)/C=C/C=O. The first kappa shape index (κ1) is 10.1. The number of allylic oxidation sites excluding steroid dienone is 2. The maximum Gasteiger partial charge on any atom is 0.155 e. The Morgan fingerprint density at radius 3 is 2.64 bits per heavy atom. The van der Waals surface area contributed by atoms with E-state index in [1.165, 1.54) is 12.2 Å². The lowest BCUT2D eigenvalue weighted by molar-refractivity contribution is -0.115. The third-order valence-corrected chi connectivity index (χ3v) is 1.39. The summed E-state index contributed by atoms with van der Waals surface area (Å²) in [5.41, 5.74) is 0. The molecule has 0 radical (unpaired) electrons. The second kappa shape index (κ2) is 7.19. The number of aldehydes is 1. The van der Waals surface area contributed by atoms with Crippen LogP contribution in [0.5, 0.6) is 0 Å². The second-order valence-corrected chi connectivity index (χ2v) is 2.42. The zero-order valence-electron chi connectivity index (χ0n) is 6.88. The summed E-state index contributed by atoms with van der Waals surface area (Å²) < 4.78 is 0. The van der Waals surface area contributed by atoms with Crippen molar-refractivity contribution in [2.45, 2.75) is 32.6 Å². The standard InChI is InChI=1S/C9H14O2/c1-2-3-4-6-9(11)7-5-8-10/h5,7-8H,2-4,6H2,1H3/b7-5+. The lowest BCUT2D eigenvalue weighted by Gasteiger charge is -1.92. The highest BCUT2D eigenvalue weighted by Crippen LogP contribution is 1.99. The molecule has 62 valence electrons. The fraction of sp³-hybridized carbons (Fsp3) is 0.556. The van der Waals surface area contributed by atoms with Crippen LogP contribution in [-0.4, -0.2) is 12.1 Å². The van der Waals surface area contributed by atoms with E-state index in [1.807, 2.05) is 0 Å². The van der Waals surface area contributed by atoms with Gasteiger partial charge in [0, 0.05) is 6.42 Å². The highest BCUT2D eigenvalue weighted by molar-refractivity contribution is 5.92. The van der Waals surface area contributed by atoms with Crippen LogP contribution >= 0.6 is 0 Å². The third kappa shape index (κ3) is 6.97. The Morgan fingerprint density at radius 1 is 1.36 bits per heavy atom. The predicted molar refractivity (Wildman–Crippen MR) is 44.4 cm³/mol. The molecule has 0 bridgehead atoms. The van der Waals surface area contributed by atoms with Crippen LogP contribution in [0.25, 0.3) is 0 Å². The van der Waals surface area contributed by atoms with Crippen LogP contribution in [0.15, 0.2) is 12.2 Å². The maximum absolute atomic E-state index is 10.8. The monoisotopic (exact) mass is 154 g/mol. The van der Waals surface area contributed by atoms with Gasteiger partial charge in [0.2, 0.25) is 0 Å². The molecule has 0 aliphatic rings. The quantitative estimate of drug-likeness (QED) is 0.332. The molecule has 2 nitrogen and oxygen atoms in total. The molecule has 0 aromatic carbocycles. The first-order chi connectivity index (χ1) is 5.31. The molecule has 0 fully saturated rings. The molecule has 0 rings (SSSR count). The van der Waals surface area contributed by atoms with Gasteiger partial charge in [0.05, 0.1) is 0 Å². The molecular weight excluding hydrogens is 140 g/mol. The van der Waals surface area contributed by atoms with Crippen molar-refractivity contribution in [3.05, 3.63) is 12.2 Å². The van der Waals surface area contributed by atoms with E-state index in [9.17, 15) is 9.59 Å². The largest absolute Gasteiger partial charge is 0.299 e. The number of ketones is 1. The van der Waals surface area contributed by atoms with Gasteiger partial charge in [0.25, 0.3) is 0 Å². The van der Waals surface area contributed by atoms with Crippen molar-refractivity contribution in [1.82, 2.24) is 0 Å². The molecule has 0 aromatic heterocycles. The Bertz CT molecular complexity index is 148. The number of carbonyl (C=O) groups is 2. The van der Waals surface area contributed by atoms with Crippen molar-refractivity contribution in [1.29, 1.82) is 0 Å². The summed E-state index contributed by atoms with van der Waals surface area (Å²) in [6.07, 6.45) is 6.90. The fourth-order valence-corrected chi connectivity index (χ4v) is 0.779. The smallest absolute Gasteiger partial charge is 0.155 e. The van der Waals surface area contributed by atoms with Gasteiger partial charge in [0.1, 0.15) is 6.29 Å². The first-order valence-electron chi connectivity index (χ1n) is 3.96. The van der Waals surface area contributed by atoms with E-state index in [-0.39, 0.29) is 5.78 Å². The van der Waals surface area contributed by atoms with Gasteiger partial charge in [-0.3, -0.25) is 9.59 Å². The van der Waals surface area contributed by atoms with Crippen molar-refractivity contribution in [3.63, 3.8) is 0 Å². The van der Waals surface area contributed by atoms with E-state index in [2.05, 4.69) is 6.92 Å². The second-order valence-electron chi connectivity index (χ2n) is 2.42. The van der Waals surface area contributed by atoms with Crippen LogP contribution in [-0.2, 0) is 9.59 Å². The van der Waals surface area contributed by atoms with E-state index in [4.69, 9.17) is 0 Å². The fourth-order valence-electron chi connectivity index (χ4n) is 0.779. The van der Waals surface area contributed by atoms with E-state index < -0.39 is 0 Å². The van der Waals surface area contributed by atoms with E-state index in [1.54, 1.807) is 0 Å². The summed E-state index contributed by atoms with van der Waals surface area (Å²) in [6.45, 7) is 2.09. The average molecular weight is 154 g/mol. The average Bonchev–Trinajstić information content (AvgIpc) is 2.01. The zero-order chi connectivity index (χ0) is 8.53. The normalized spacial score (nSPS) is 10.3. The van der Waals surface area contributed by atoms with Gasteiger partial charge >= 0.3 is 0 Å². The molecule has 0 aromatic rings. The minimum absolute atomic E-state index is 0.0468. The van der Waals surface area contributed by atoms with Crippen LogP contribution in [0.3, 0.4) is 0 Å². The summed E-state index contributed by atoms with van der Waals surface area (Å²) in [4.78, 5) is 20.6. The number of unbranched alkanes of at least 4 members (excludes halogenated alkanes) is 2. The van der Waals surface area contributed by atoms with Crippen LogP contribution in [0.1, 0.15) is 32.6 Å². The summed E-state index contributed by atoms with van der Waals surface area (Å²) in [6, 6.07) is 0. The molecule has 0 atom stereocenters. The van der Waals surface area contributed by atoms with Crippen molar-refractivity contribution in [2.24, 2.45) is 0 Å². The molecule has 0 saturated carbocycles. The molecule has 0 aliphatic carbocycles. The van der Waals surface area contributed by atoms with Crippen LogP contribution in [0.2, 0.25) is 0 Å². The van der Waals surface area contributed by atoms with E-state index in [0.29, 0.717) is 12.7 Å². The zero-order valence-corrected chi connectivity index (χ0v) is 6.88.